The maximum Gasteiger partial charge on any atom is 0.279 e. The van der Waals surface area contributed by atoms with Gasteiger partial charge in [0.25, 0.3) is 5.91 Å². The molecule has 0 saturated carbocycles. The van der Waals surface area contributed by atoms with Gasteiger partial charge in [-0.15, -0.1) is 0 Å². The number of nitrogens with zero attached hydrogens (tertiary/aromatic N) is 3. The van der Waals surface area contributed by atoms with Crippen molar-refractivity contribution < 1.29 is 14.7 Å². The molecule has 0 fully saturated rings. The van der Waals surface area contributed by atoms with E-state index < -0.39 is 5.91 Å². The lowest BCUT2D eigenvalue weighted by Crippen LogP contribution is -2.25. The van der Waals surface area contributed by atoms with Crippen molar-refractivity contribution in [1.82, 2.24) is 9.88 Å². The smallest absolute Gasteiger partial charge is 0.279 e. The van der Waals surface area contributed by atoms with Crippen molar-refractivity contribution in [2.45, 2.75) is 6.42 Å². The van der Waals surface area contributed by atoms with Crippen LogP contribution in [0.25, 0.3) is 5.57 Å². The quantitative estimate of drug-likeness (QED) is 0.457. The van der Waals surface area contributed by atoms with Crippen LogP contribution in [0, 0.1) is 0 Å². The van der Waals surface area contributed by atoms with Gasteiger partial charge in [-0.05, 0) is 44.4 Å². The highest BCUT2D eigenvalue weighted by Crippen LogP contribution is 2.38. The molecular weight excluding hydrogens is 485 g/mol. The number of carbonyl (C=O) groups is 2. The van der Waals surface area contributed by atoms with E-state index >= 15 is 0 Å². The summed E-state index contributed by atoms with van der Waals surface area (Å²) in [5.74, 6) is -0.947. The number of halogens is 2. The maximum absolute atomic E-state index is 12.7. The van der Waals surface area contributed by atoms with Crippen LogP contribution in [-0.4, -0.2) is 47.4 Å². The summed E-state index contributed by atoms with van der Waals surface area (Å²) < 4.78 is 0. The largest absolute Gasteiger partial charge is 0.492 e. The number of hydrogen-bond donors (Lipinski definition) is 3. The zero-order valence-corrected chi connectivity index (χ0v) is 20.0. The first kappa shape index (κ1) is 23.2. The minimum absolute atomic E-state index is 0.142. The molecule has 2 heterocycles. The minimum atomic E-state index is -0.493. The lowest BCUT2D eigenvalue weighted by Gasteiger charge is -2.09. The number of thiazole rings is 1. The summed E-state index contributed by atoms with van der Waals surface area (Å²) in [6.45, 7) is 0.614. The lowest BCUT2D eigenvalue weighted by molar-refractivity contribution is -0.116. The van der Waals surface area contributed by atoms with E-state index in [1.54, 1.807) is 36.4 Å². The second kappa shape index (κ2) is 9.48. The molecule has 11 heteroatoms. The Kier molecular flexibility index (Phi) is 6.66. The summed E-state index contributed by atoms with van der Waals surface area (Å²) in [6.07, 6.45) is 0.334. The van der Waals surface area contributed by atoms with E-state index in [0.29, 0.717) is 50.1 Å². The normalized spacial score (nSPS) is 12.6. The molecule has 2 amide bonds. The van der Waals surface area contributed by atoms with Gasteiger partial charge in [-0.2, -0.15) is 4.98 Å². The summed E-state index contributed by atoms with van der Waals surface area (Å²) in [5, 5.41) is 18.3. The van der Waals surface area contributed by atoms with Crippen molar-refractivity contribution in [2.24, 2.45) is 4.99 Å². The minimum Gasteiger partial charge on any atom is -0.492 e. The standard InChI is InChI=1S/C22H19Cl2N5O3S/c1-29(2)9-8-16(30)25-11-6-7-14-12(10-11)17(20(31)26-14)19-21(32)28-22(33-19)27-15-5-3-4-13(23)18(15)24/h3-7,10,32H,8-9H2,1-2H3,(H,25,30)(H,27,28). The zero-order chi connectivity index (χ0) is 23.7. The Morgan fingerprint density at radius 3 is 2.76 bits per heavy atom. The highest BCUT2D eigenvalue weighted by molar-refractivity contribution is 7.17. The molecule has 0 radical (unpaired) electrons. The second-order valence-corrected chi connectivity index (χ2v) is 9.31. The van der Waals surface area contributed by atoms with Crippen LogP contribution in [0.15, 0.2) is 41.4 Å². The van der Waals surface area contributed by atoms with E-state index in [4.69, 9.17) is 23.2 Å². The van der Waals surface area contributed by atoms with Gasteiger partial charge in [0.15, 0.2) is 5.13 Å². The molecule has 1 aliphatic heterocycles. The third-order valence-electron chi connectivity index (χ3n) is 4.80. The van der Waals surface area contributed by atoms with Crippen molar-refractivity contribution in [3.05, 3.63) is 61.9 Å². The van der Waals surface area contributed by atoms with E-state index in [2.05, 4.69) is 20.6 Å². The summed E-state index contributed by atoms with van der Waals surface area (Å²) in [6, 6.07) is 10.1. The number of aromatic nitrogens is 1. The van der Waals surface area contributed by atoms with Gasteiger partial charge in [-0.3, -0.25) is 9.59 Å². The van der Waals surface area contributed by atoms with Gasteiger partial charge in [-0.1, -0.05) is 40.6 Å². The Hall–Kier alpha value is -2.98. The number of rotatable bonds is 7. The van der Waals surface area contributed by atoms with Crippen LogP contribution in [0.2, 0.25) is 10.0 Å². The first-order chi connectivity index (χ1) is 15.7. The predicted molar refractivity (Wildman–Crippen MR) is 130 cm³/mol. The Morgan fingerprint density at radius 1 is 1.21 bits per heavy atom. The van der Waals surface area contributed by atoms with Gasteiger partial charge in [0.05, 0.1) is 26.7 Å². The Bertz CT molecular complexity index is 1390. The van der Waals surface area contributed by atoms with Crippen LogP contribution in [0.3, 0.4) is 0 Å². The summed E-state index contributed by atoms with van der Waals surface area (Å²) >= 11 is 13.3. The Labute approximate surface area is 203 Å². The molecule has 1 aliphatic rings. The summed E-state index contributed by atoms with van der Waals surface area (Å²) in [4.78, 5) is 35.2. The fourth-order valence-corrected chi connectivity index (χ4v) is 4.47. The molecule has 1 aromatic heterocycles. The lowest BCUT2D eigenvalue weighted by atomic mass is 10.1. The number of carbonyl (C=O) groups excluding carboxylic acids is 2. The summed E-state index contributed by atoms with van der Waals surface area (Å²) in [7, 11) is 3.78. The average molecular weight is 504 g/mol. The Morgan fingerprint density at radius 2 is 2.00 bits per heavy atom. The molecule has 4 rings (SSSR count). The van der Waals surface area contributed by atoms with Crippen molar-refractivity contribution in [3.8, 4) is 5.88 Å². The molecule has 0 saturated heterocycles. The number of aromatic hydroxyl groups is 1. The maximum atomic E-state index is 12.7. The van der Waals surface area contributed by atoms with Gasteiger partial charge in [0.2, 0.25) is 11.8 Å². The van der Waals surface area contributed by atoms with Crippen LogP contribution in [-0.2, 0) is 9.59 Å². The van der Waals surface area contributed by atoms with Crippen LogP contribution in [0.1, 0.15) is 11.3 Å². The van der Waals surface area contributed by atoms with Gasteiger partial charge in [-0.25, -0.2) is 4.99 Å². The fraction of sp³-hybridized carbons (Fsp3) is 0.182. The molecule has 170 valence electrons. The molecule has 0 bridgehead atoms. The van der Waals surface area contributed by atoms with Crippen molar-refractivity contribution in [3.63, 3.8) is 0 Å². The summed E-state index contributed by atoms with van der Waals surface area (Å²) in [5.41, 5.74) is 1.27. The molecule has 2 aromatic carbocycles. The van der Waals surface area contributed by atoms with Gasteiger partial charge in [0, 0.05) is 23.9 Å². The number of anilines is 3. The van der Waals surface area contributed by atoms with Crippen molar-refractivity contribution >= 4 is 68.4 Å². The molecule has 0 aliphatic carbocycles. The molecule has 8 nitrogen and oxygen atoms in total. The highest BCUT2D eigenvalue weighted by Gasteiger charge is 2.25. The van der Waals surface area contributed by atoms with E-state index in [1.807, 2.05) is 19.0 Å². The number of benzene rings is 2. The molecule has 0 spiro atoms. The van der Waals surface area contributed by atoms with Gasteiger partial charge in [0.1, 0.15) is 4.88 Å². The predicted octanol–water partition coefficient (Wildman–Crippen LogP) is 3.15. The van der Waals surface area contributed by atoms with Crippen LogP contribution >= 0.6 is 34.5 Å². The molecule has 33 heavy (non-hydrogen) atoms. The SMILES string of the molecule is CN(C)CCC(=O)Nc1ccc2c(c1)=C(c1sc(Nc3cccc(Cl)c3Cl)nc1O)C(=O)N=2. The van der Waals surface area contributed by atoms with Crippen molar-refractivity contribution in [1.29, 1.82) is 0 Å². The number of nitrogens with one attached hydrogen (secondary N) is 2. The molecule has 3 aromatic rings. The van der Waals surface area contributed by atoms with Gasteiger partial charge < -0.3 is 20.6 Å². The topological polar surface area (TPSA) is 107 Å². The first-order valence-corrected chi connectivity index (χ1v) is 11.4. The molecule has 3 N–H and O–H groups in total. The second-order valence-electron chi connectivity index (χ2n) is 7.52. The number of amides is 2. The molecule has 0 atom stereocenters. The molecular formula is C22H19Cl2N5O3S. The van der Waals surface area contributed by atoms with E-state index in [0.717, 1.165) is 11.3 Å². The first-order valence-electron chi connectivity index (χ1n) is 9.86. The number of fused-ring (bicyclic) bond motifs is 1. The fourth-order valence-electron chi connectivity index (χ4n) is 3.20. The third kappa shape index (κ3) is 5.01. The Balaban J connectivity index is 1.68. The monoisotopic (exact) mass is 503 g/mol. The third-order valence-corrected chi connectivity index (χ3v) is 6.60. The van der Waals surface area contributed by atoms with E-state index in [-0.39, 0.29) is 22.2 Å². The zero-order valence-electron chi connectivity index (χ0n) is 17.6. The highest BCUT2D eigenvalue weighted by atomic mass is 35.5. The molecule has 0 unspecified atom stereocenters. The van der Waals surface area contributed by atoms with Crippen LogP contribution in [0.5, 0.6) is 5.88 Å². The van der Waals surface area contributed by atoms with Gasteiger partial charge >= 0.3 is 0 Å². The average Bonchev–Trinajstić information content (AvgIpc) is 3.27. The van der Waals surface area contributed by atoms with E-state index in [1.165, 1.54) is 0 Å². The van der Waals surface area contributed by atoms with E-state index in [9.17, 15) is 14.7 Å². The van der Waals surface area contributed by atoms with Crippen LogP contribution in [0.4, 0.5) is 16.5 Å². The number of hydrogen-bond acceptors (Lipinski definition) is 7. The van der Waals surface area contributed by atoms with Crippen LogP contribution < -0.4 is 21.2 Å². The van der Waals surface area contributed by atoms with Crippen molar-refractivity contribution in [2.75, 3.05) is 31.3 Å².